The standard InChI is InChI=1S/C22H20N4O5S2/c1-14-4-3-5-17(12-14)31-11-10-30-16-8-6-15(7-9-16)13-18-19(23)26-21(24-20(18)27)32-22(25-26)33(2,28)29/h3-9,12-13,23H,10-11H2,1-2H3/b18-13+,23-19?. The molecule has 0 unspecified atom stereocenters. The molecule has 0 bridgehead atoms. The van der Waals surface area contributed by atoms with Crippen LogP contribution in [0, 0.1) is 12.3 Å². The number of hydrogen-bond acceptors (Lipinski definition) is 8. The molecule has 2 aromatic carbocycles. The fraction of sp³-hybridized carbons (Fsp3) is 0.182. The Balaban J connectivity index is 1.39. The van der Waals surface area contributed by atoms with Gasteiger partial charge in [0.1, 0.15) is 24.7 Å². The van der Waals surface area contributed by atoms with E-state index >= 15 is 0 Å². The summed E-state index contributed by atoms with van der Waals surface area (Å²) in [5, 5.41) is 13.3. The highest BCUT2D eigenvalue weighted by Crippen LogP contribution is 2.30. The van der Waals surface area contributed by atoms with Gasteiger partial charge in [-0.05, 0) is 60.2 Å². The van der Waals surface area contributed by atoms with E-state index in [0.29, 0.717) is 24.5 Å². The van der Waals surface area contributed by atoms with Crippen LogP contribution in [0.4, 0.5) is 0 Å². The minimum Gasteiger partial charge on any atom is -0.490 e. The van der Waals surface area contributed by atoms with Gasteiger partial charge in [0.2, 0.25) is 19.4 Å². The number of fused-ring (bicyclic) bond motifs is 1. The van der Waals surface area contributed by atoms with E-state index in [4.69, 9.17) is 14.9 Å². The number of sulfone groups is 1. The summed E-state index contributed by atoms with van der Waals surface area (Å²) in [4.78, 5) is 16.3. The molecule has 0 aliphatic carbocycles. The van der Waals surface area contributed by atoms with Gasteiger partial charge in [0, 0.05) is 6.26 Å². The van der Waals surface area contributed by atoms with Crippen molar-refractivity contribution in [1.29, 1.82) is 5.41 Å². The third kappa shape index (κ3) is 5.32. The van der Waals surface area contributed by atoms with Gasteiger partial charge in [-0.15, -0.1) is 5.10 Å². The van der Waals surface area contributed by atoms with Crippen LogP contribution in [-0.4, -0.2) is 54.2 Å². The number of rotatable bonds is 6. The Hall–Kier alpha value is -3.44. The molecule has 0 fully saturated rings. The van der Waals surface area contributed by atoms with Gasteiger partial charge < -0.3 is 9.47 Å². The number of nitrogens with one attached hydrogen (secondary N) is 1. The Morgan fingerprint density at radius 3 is 2.45 bits per heavy atom. The first kappa shape index (κ1) is 22.7. The van der Waals surface area contributed by atoms with Crippen molar-refractivity contribution in [3.63, 3.8) is 0 Å². The third-order valence-electron chi connectivity index (χ3n) is 4.55. The minimum absolute atomic E-state index is 0.0121. The van der Waals surface area contributed by atoms with Crippen LogP contribution in [0.5, 0.6) is 11.5 Å². The van der Waals surface area contributed by atoms with Crippen LogP contribution in [0.15, 0.2) is 64.2 Å². The molecule has 0 saturated carbocycles. The topological polar surface area (TPSA) is 121 Å². The lowest BCUT2D eigenvalue weighted by molar-refractivity contribution is -0.114. The van der Waals surface area contributed by atoms with Crippen molar-refractivity contribution in [3.8, 4) is 11.5 Å². The summed E-state index contributed by atoms with van der Waals surface area (Å²) in [5.74, 6) is 0.561. The lowest BCUT2D eigenvalue weighted by Crippen LogP contribution is -2.35. The van der Waals surface area contributed by atoms with E-state index in [2.05, 4.69) is 10.1 Å². The van der Waals surface area contributed by atoms with Gasteiger partial charge in [0.05, 0.1) is 5.57 Å². The van der Waals surface area contributed by atoms with Crippen LogP contribution in [0.3, 0.4) is 0 Å². The largest absolute Gasteiger partial charge is 0.490 e. The number of thioether (sulfide) groups is 1. The summed E-state index contributed by atoms with van der Waals surface area (Å²) in [7, 11) is -3.57. The summed E-state index contributed by atoms with van der Waals surface area (Å²) in [5.41, 5.74) is 1.79. The Bertz CT molecular complexity index is 1310. The van der Waals surface area contributed by atoms with Crippen LogP contribution < -0.4 is 9.47 Å². The molecule has 2 heterocycles. The fourth-order valence-corrected chi connectivity index (χ4v) is 4.66. The van der Waals surface area contributed by atoms with Crippen molar-refractivity contribution < 1.29 is 22.7 Å². The fourth-order valence-electron chi connectivity index (χ4n) is 2.98. The van der Waals surface area contributed by atoms with Crippen LogP contribution in [0.1, 0.15) is 11.1 Å². The molecule has 9 nitrogen and oxygen atoms in total. The van der Waals surface area contributed by atoms with E-state index in [1.165, 1.54) is 6.08 Å². The van der Waals surface area contributed by atoms with Gasteiger partial charge in [-0.1, -0.05) is 24.3 Å². The van der Waals surface area contributed by atoms with Crippen molar-refractivity contribution in [3.05, 3.63) is 65.2 Å². The van der Waals surface area contributed by atoms with Gasteiger partial charge in [-0.3, -0.25) is 10.2 Å². The molecule has 0 saturated heterocycles. The van der Waals surface area contributed by atoms with E-state index in [1.54, 1.807) is 24.3 Å². The highest BCUT2D eigenvalue weighted by Gasteiger charge is 2.38. The van der Waals surface area contributed by atoms with Gasteiger partial charge in [-0.2, -0.15) is 10.0 Å². The molecular weight excluding hydrogens is 464 g/mol. The number of nitrogens with zero attached hydrogens (tertiary/aromatic N) is 3. The third-order valence-corrected chi connectivity index (χ3v) is 7.13. The highest BCUT2D eigenvalue weighted by molar-refractivity contribution is 8.42. The first-order valence-electron chi connectivity index (χ1n) is 9.83. The summed E-state index contributed by atoms with van der Waals surface area (Å²) >= 11 is 0.750. The van der Waals surface area contributed by atoms with E-state index < -0.39 is 15.7 Å². The lowest BCUT2D eigenvalue weighted by atomic mass is 10.1. The van der Waals surface area contributed by atoms with Gasteiger partial charge in [0.25, 0.3) is 5.91 Å². The molecule has 0 spiro atoms. The molecule has 170 valence electrons. The number of carbonyl (C=O) groups excluding carboxylic acids is 1. The van der Waals surface area contributed by atoms with E-state index in [0.717, 1.165) is 34.3 Å². The Morgan fingerprint density at radius 2 is 1.79 bits per heavy atom. The summed E-state index contributed by atoms with van der Waals surface area (Å²) in [6.45, 7) is 2.76. The maximum Gasteiger partial charge on any atom is 0.283 e. The number of ether oxygens (including phenoxy) is 2. The number of aliphatic imine (C=N–C) groups is 1. The van der Waals surface area contributed by atoms with Crippen molar-refractivity contribution in [2.45, 2.75) is 6.92 Å². The predicted octanol–water partition coefficient (Wildman–Crippen LogP) is 3.07. The number of aryl methyl sites for hydroxylation is 1. The Kier molecular flexibility index (Phi) is 6.34. The number of carbonyl (C=O) groups is 1. The van der Waals surface area contributed by atoms with Crippen molar-refractivity contribution in [1.82, 2.24) is 5.01 Å². The van der Waals surface area contributed by atoms with E-state index in [9.17, 15) is 13.2 Å². The SMILES string of the molecule is Cc1cccc(OCCOc2ccc(/C=C3\C(=N)N4N=C(S(C)(=O)=O)SC4=NC3=O)cc2)c1. The van der Waals surface area contributed by atoms with Gasteiger partial charge in [-0.25, -0.2) is 8.42 Å². The smallest absolute Gasteiger partial charge is 0.283 e. The molecule has 1 N–H and O–H groups in total. The summed E-state index contributed by atoms with van der Waals surface area (Å²) < 4.78 is 34.6. The normalized spacial score (nSPS) is 17.0. The number of amides is 1. The first-order valence-corrected chi connectivity index (χ1v) is 12.5. The molecule has 0 aromatic heterocycles. The number of hydrogen-bond donors (Lipinski definition) is 1. The highest BCUT2D eigenvalue weighted by atomic mass is 32.3. The average molecular weight is 485 g/mol. The van der Waals surface area contributed by atoms with Crippen LogP contribution in [0.2, 0.25) is 0 Å². The zero-order valence-corrected chi connectivity index (χ0v) is 19.4. The van der Waals surface area contributed by atoms with Crippen LogP contribution >= 0.6 is 11.8 Å². The Labute approximate surface area is 195 Å². The number of hydrazone groups is 1. The summed E-state index contributed by atoms with van der Waals surface area (Å²) in [6, 6.07) is 14.8. The lowest BCUT2D eigenvalue weighted by Gasteiger charge is -2.20. The molecule has 2 aromatic rings. The molecule has 0 radical (unpaired) electrons. The van der Waals surface area contributed by atoms with Gasteiger partial charge in [0.15, 0.2) is 5.84 Å². The molecule has 33 heavy (non-hydrogen) atoms. The molecule has 2 aliphatic heterocycles. The summed E-state index contributed by atoms with van der Waals surface area (Å²) in [6.07, 6.45) is 2.52. The van der Waals surface area contributed by atoms with E-state index in [1.807, 2.05) is 31.2 Å². The second-order valence-electron chi connectivity index (χ2n) is 7.24. The monoisotopic (exact) mass is 484 g/mol. The number of benzene rings is 2. The minimum atomic E-state index is -3.57. The quantitative estimate of drug-likeness (QED) is 0.494. The molecule has 0 atom stereocenters. The zero-order chi connectivity index (χ0) is 23.6. The second kappa shape index (κ2) is 9.20. The maximum atomic E-state index is 12.4. The molecule has 11 heteroatoms. The Morgan fingerprint density at radius 1 is 1.09 bits per heavy atom. The second-order valence-corrected chi connectivity index (χ2v) is 10.4. The first-order chi connectivity index (χ1) is 15.7. The predicted molar refractivity (Wildman–Crippen MR) is 128 cm³/mol. The van der Waals surface area contributed by atoms with Crippen molar-refractivity contribution in [2.24, 2.45) is 10.1 Å². The van der Waals surface area contributed by atoms with Gasteiger partial charge >= 0.3 is 0 Å². The average Bonchev–Trinajstić information content (AvgIpc) is 3.20. The van der Waals surface area contributed by atoms with Crippen LogP contribution in [0.25, 0.3) is 6.08 Å². The number of amidine groups is 2. The maximum absolute atomic E-state index is 12.4. The van der Waals surface area contributed by atoms with E-state index in [-0.39, 0.29) is 21.0 Å². The molecular formula is C22H20N4O5S2. The van der Waals surface area contributed by atoms with Crippen LogP contribution in [-0.2, 0) is 14.6 Å². The van der Waals surface area contributed by atoms with Crippen molar-refractivity contribution >= 4 is 49.0 Å². The molecule has 2 aliphatic rings. The zero-order valence-electron chi connectivity index (χ0n) is 17.8. The molecule has 1 amide bonds. The van der Waals surface area contributed by atoms with Crippen molar-refractivity contribution in [2.75, 3.05) is 19.5 Å². The molecule has 4 rings (SSSR count).